The highest BCUT2D eigenvalue weighted by atomic mass is 14.9. The smallest absolute Gasteiger partial charge is 0.141 e. The molecule has 13 heavy (non-hydrogen) atoms. The van der Waals surface area contributed by atoms with Gasteiger partial charge in [0, 0.05) is 18.3 Å². The third kappa shape index (κ3) is 2.17. The zero-order chi connectivity index (χ0) is 9.68. The highest BCUT2D eigenvalue weighted by molar-refractivity contribution is 6.12. The second kappa shape index (κ2) is 4.43. The van der Waals surface area contributed by atoms with Crippen molar-refractivity contribution in [3.8, 4) is 6.07 Å². The van der Waals surface area contributed by atoms with E-state index in [0.717, 1.165) is 18.5 Å². The highest BCUT2D eigenvalue weighted by Crippen LogP contribution is 2.12. The molecule has 0 spiro atoms. The fraction of sp³-hybridized carbons (Fsp3) is 0.333. The molecule has 0 bridgehead atoms. The Labute approximate surface area is 77.2 Å². The summed E-state index contributed by atoms with van der Waals surface area (Å²) in [5.74, 6) is 0. The van der Waals surface area contributed by atoms with Gasteiger partial charge in [-0.15, -0.1) is 0 Å². The van der Waals surface area contributed by atoms with Crippen LogP contribution in [0.2, 0.25) is 0 Å². The molecule has 4 heteroatoms. The van der Waals surface area contributed by atoms with Gasteiger partial charge in [-0.25, -0.2) is 0 Å². The first kappa shape index (κ1) is 9.49. The first-order valence-corrected chi connectivity index (χ1v) is 4.10. The Hall–Kier alpha value is -1.60. The minimum Gasteiger partial charge on any atom is -0.404 e. The van der Waals surface area contributed by atoms with Gasteiger partial charge in [0.05, 0.1) is 0 Å². The Morgan fingerprint density at radius 2 is 2.54 bits per heavy atom. The average molecular weight is 176 g/mol. The quantitative estimate of drug-likeness (QED) is 0.529. The molecule has 0 aromatic rings. The summed E-state index contributed by atoms with van der Waals surface area (Å²) in [7, 11) is 0. The number of rotatable bonds is 2. The van der Waals surface area contributed by atoms with Gasteiger partial charge in [-0.05, 0) is 18.5 Å². The fourth-order valence-electron chi connectivity index (χ4n) is 1.26. The molecule has 1 heterocycles. The van der Waals surface area contributed by atoms with Gasteiger partial charge >= 0.3 is 0 Å². The number of hydrogen-bond acceptors (Lipinski definition) is 4. The van der Waals surface area contributed by atoms with Crippen molar-refractivity contribution in [3.63, 3.8) is 0 Å². The maximum atomic E-state index is 8.55. The SMILES string of the molecule is N#CC(=N)/C(=C\N)C1=CCCNC1. The van der Waals surface area contributed by atoms with Crippen molar-refractivity contribution >= 4 is 5.71 Å². The van der Waals surface area contributed by atoms with Crippen LogP contribution in [-0.4, -0.2) is 18.8 Å². The van der Waals surface area contributed by atoms with Crippen LogP contribution in [0.3, 0.4) is 0 Å². The minimum atomic E-state index is -0.0718. The lowest BCUT2D eigenvalue weighted by molar-refractivity contribution is 0.709. The van der Waals surface area contributed by atoms with Crippen LogP contribution in [0, 0.1) is 16.7 Å². The first-order chi connectivity index (χ1) is 6.29. The molecule has 0 atom stereocenters. The molecule has 0 aromatic heterocycles. The molecule has 0 saturated carbocycles. The van der Waals surface area contributed by atoms with Crippen LogP contribution in [0.5, 0.6) is 0 Å². The predicted octanol–water partition coefficient (Wildman–Crippen LogP) is 0.292. The lowest BCUT2D eigenvalue weighted by Crippen LogP contribution is -2.24. The molecule has 1 aliphatic heterocycles. The molecule has 0 aromatic carbocycles. The number of nitrogens with one attached hydrogen (secondary N) is 2. The van der Waals surface area contributed by atoms with Crippen molar-refractivity contribution in [1.82, 2.24) is 5.32 Å². The van der Waals surface area contributed by atoms with E-state index in [0.29, 0.717) is 12.1 Å². The van der Waals surface area contributed by atoms with Gasteiger partial charge in [0.15, 0.2) is 0 Å². The maximum Gasteiger partial charge on any atom is 0.141 e. The summed E-state index contributed by atoms with van der Waals surface area (Å²) in [5, 5.41) is 19.1. The van der Waals surface area contributed by atoms with E-state index in [1.54, 1.807) is 6.07 Å². The van der Waals surface area contributed by atoms with Crippen LogP contribution in [0.1, 0.15) is 6.42 Å². The van der Waals surface area contributed by atoms with E-state index >= 15 is 0 Å². The van der Waals surface area contributed by atoms with Gasteiger partial charge in [0.2, 0.25) is 0 Å². The third-order valence-electron chi connectivity index (χ3n) is 1.92. The molecule has 0 unspecified atom stereocenters. The average Bonchev–Trinajstić information content (AvgIpc) is 2.20. The molecule has 0 aliphatic carbocycles. The summed E-state index contributed by atoms with van der Waals surface area (Å²) in [4.78, 5) is 0. The lowest BCUT2D eigenvalue weighted by atomic mass is 10.00. The molecular weight excluding hydrogens is 164 g/mol. The Bertz CT molecular complexity index is 306. The minimum absolute atomic E-state index is 0.0718. The molecule has 0 amide bonds. The van der Waals surface area contributed by atoms with Crippen LogP contribution >= 0.6 is 0 Å². The number of nitrogens with zero attached hydrogens (tertiary/aromatic N) is 1. The summed E-state index contributed by atoms with van der Waals surface area (Å²) >= 11 is 0. The molecule has 68 valence electrons. The lowest BCUT2D eigenvalue weighted by Gasteiger charge is -2.15. The number of nitrogens with two attached hydrogens (primary N) is 1. The zero-order valence-corrected chi connectivity index (χ0v) is 7.30. The Balaban J connectivity index is 2.85. The van der Waals surface area contributed by atoms with Crippen LogP contribution in [-0.2, 0) is 0 Å². The second-order valence-corrected chi connectivity index (χ2v) is 2.76. The van der Waals surface area contributed by atoms with Crippen LogP contribution in [0.15, 0.2) is 23.4 Å². The first-order valence-electron chi connectivity index (χ1n) is 4.10. The Morgan fingerprint density at radius 3 is 3.00 bits per heavy atom. The summed E-state index contributed by atoms with van der Waals surface area (Å²) in [6.45, 7) is 1.63. The van der Waals surface area contributed by atoms with Crippen molar-refractivity contribution in [1.29, 1.82) is 10.7 Å². The molecule has 0 fully saturated rings. The van der Waals surface area contributed by atoms with Gasteiger partial charge in [0.1, 0.15) is 11.8 Å². The topological polar surface area (TPSA) is 85.7 Å². The third-order valence-corrected chi connectivity index (χ3v) is 1.92. The summed E-state index contributed by atoms with van der Waals surface area (Å²) in [6.07, 6.45) is 4.26. The number of nitriles is 1. The van der Waals surface area contributed by atoms with E-state index in [-0.39, 0.29) is 5.71 Å². The van der Waals surface area contributed by atoms with Crippen LogP contribution < -0.4 is 11.1 Å². The monoisotopic (exact) mass is 176 g/mol. The normalized spacial score (nSPS) is 17.5. The highest BCUT2D eigenvalue weighted by Gasteiger charge is 2.11. The van der Waals surface area contributed by atoms with Crippen molar-refractivity contribution in [2.75, 3.05) is 13.1 Å². The molecule has 1 aliphatic rings. The summed E-state index contributed by atoms with van der Waals surface area (Å²) in [6, 6.07) is 1.78. The van der Waals surface area contributed by atoms with E-state index in [1.807, 2.05) is 6.08 Å². The standard InChI is InChI=1S/C9H12N4/c10-4-8(9(12)5-11)7-2-1-3-13-6-7/h2,4,12-13H,1,3,6,10H2/b8-4-,12-9?. The van der Waals surface area contributed by atoms with E-state index < -0.39 is 0 Å². The molecule has 4 nitrogen and oxygen atoms in total. The van der Waals surface area contributed by atoms with Crippen molar-refractivity contribution < 1.29 is 0 Å². The van der Waals surface area contributed by atoms with E-state index in [1.165, 1.54) is 6.20 Å². The number of hydrogen-bond donors (Lipinski definition) is 3. The largest absolute Gasteiger partial charge is 0.404 e. The molecule has 0 saturated heterocycles. The Morgan fingerprint density at radius 1 is 1.77 bits per heavy atom. The molecule has 4 N–H and O–H groups in total. The zero-order valence-electron chi connectivity index (χ0n) is 7.30. The van der Waals surface area contributed by atoms with E-state index in [2.05, 4.69) is 5.32 Å². The van der Waals surface area contributed by atoms with Crippen molar-refractivity contribution in [3.05, 3.63) is 23.4 Å². The van der Waals surface area contributed by atoms with E-state index in [9.17, 15) is 0 Å². The fourth-order valence-corrected chi connectivity index (χ4v) is 1.26. The van der Waals surface area contributed by atoms with E-state index in [4.69, 9.17) is 16.4 Å². The van der Waals surface area contributed by atoms with Crippen molar-refractivity contribution in [2.24, 2.45) is 5.73 Å². The van der Waals surface area contributed by atoms with Gasteiger partial charge in [-0.2, -0.15) is 5.26 Å². The van der Waals surface area contributed by atoms with Gasteiger partial charge in [-0.3, -0.25) is 5.41 Å². The molecule has 0 radical (unpaired) electrons. The Kier molecular flexibility index (Phi) is 3.23. The van der Waals surface area contributed by atoms with Gasteiger partial charge < -0.3 is 11.1 Å². The summed E-state index contributed by atoms with van der Waals surface area (Å²) in [5.41, 5.74) is 6.77. The second-order valence-electron chi connectivity index (χ2n) is 2.76. The molecule has 1 rings (SSSR count). The van der Waals surface area contributed by atoms with Crippen LogP contribution in [0.4, 0.5) is 0 Å². The maximum absolute atomic E-state index is 8.55. The van der Waals surface area contributed by atoms with Crippen molar-refractivity contribution in [2.45, 2.75) is 6.42 Å². The van der Waals surface area contributed by atoms with Gasteiger partial charge in [-0.1, -0.05) is 6.08 Å². The molecular formula is C9H12N4. The summed E-state index contributed by atoms with van der Waals surface area (Å²) < 4.78 is 0. The van der Waals surface area contributed by atoms with Gasteiger partial charge in [0.25, 0.3) is 0 Å². The predicted molar refractivity (Wildman–Crippen MR) is 51.2 cm³/mol. The van der Waals surface area contributed by atoms with Crippen LogP contribution in [0.25, 0.3) is 0 Å².